The van der Waals surface area contributed by atoms with E-state index in [1.54, 1.807) is 0 Å². The molecule has 2 rings (SSSR count). The van der Waals surface area contributed by atoms with E-state index < -0.39 is 17.8 Å². The Balaban J connectivity index is 1.75. The van der Waals surface area contributed by atoms with Crippen molar-refractivity contribution in [2.45, 2.75) is 44.9 Å². The zero-order valence-electron chi connectivity index (χ0n) is 12.3. The van der Waals surface area contributed by atoms with Gasteiger partial charge in [-0.25, -0.2) is 0 Å². The van der Waals surface area contributed by atoms with Gasteiger partial charge in [0.05, 0.1) is 11.8 Å². The van der Waals surface area contributed by atoms with Crippen molar-refractivity contribution in [1.82, 2.24) is 10.2 Å². The van der Waals surface area contributed by atoms with Crippen molar-refractivity contribution in [3.05, 3.63) is 0 Å². The van der Waals surface area contributed by atoms with Crippen LogP contribution < -0.4 is 5.32 Å². The third kappa shape index (κ3) is 4.19. The summed E-state index contributed by atoms with van der Waals surface area (Å²) in [4.78, 5) is 37.0. The molecule has 0 radical (unpaired) electrons. The molecule has 1 saturated heterocycles. The van der Waals surface area contributed by atoms with Gasteiger partial charge in [0.1, 0.15) is 0 Å². The summed E-state index contributed by atoms with van der Waals surface area (Å²) < 4.78 is 0. The van der Waals surface area contributed by atoms with Gasteiger partial charge in [0, 0.05) is 26.1 Å². The van der Waals surface area contributed by atoms with E-state index in [2.05, 4.69) is 5.32 Å². The number of hydrogen-bond donors (Lipinski definition) is 2. The molecular weight excluding hydrogens is 272 g/mol. The van der Waals surface area contributed by atoms with Crippen molar-refractivity contribution in [3.63, 3.8) is 0 Å². The van der Waals surface area contributed by atoms with E-state index in [9.17, 15) is 19.5 Å². The van der Waals surface area contributed by atoms with Crippen molar-refractivity contribution in [1.29, 1.82) is 0 Å². The standard InChI is InChI=1S/C15H24N2O4/c18-13(17-9-3-4-10-17)7-8-16-14(19)11-5-1-2-6-12(11)15(20)21/h11-12H,1-10H2,(H,16,19)(H,20,21)/t11-,12+/m1/s1. The minimum absolute atomic E-state index is 0.0752. The predicted molar refractivity (Wildman–Crippen MR) is 76.5 cm³/mol. The molecule has 1 aliphatic carbocycles. The maximum Gasteiger partial charge on any atom is 0.307 e. The van der Waals surface area contributed by atoms with E-state index >= 15 is 0 Å². The highest BCUT2D eigenvalue weighted by Crippen LogP contribution is 2.30. The van der Waals surface area contributed by atoms with Crippen LogP contribution in [0.5, 0.6) is 0 Å². The van der Waals surface area contributed by atoms with E-state index in [0.29, 0.717) is 25.8 Å². The molecule has 0 unspecified atom stereocenters. The van der Waals surface area contributed by atoms with Gasteiger partial charge in [0.15, 0.2) is 0 Å². The summed E-state index contributed by atoms with van der Waals surface area (Å²) in [6.45, 7) is 1.93. The monoisotopic (exact) mass is 296 g/mol. The number of amides is 2. The number of nitrogens with one attached hydrogen (secondary N) is 1. The molecule has 2 aliphatic rings. The van der Waals surface area contributed by atoms with Crippen LogP contribution in [0.4, 0.5) is 0 Å². The Morgan fingerprint density at radius 1 is 1.00 bits per heavy atom. The van der Waals surface area contributed by atoms with Crippen LogP contribution in [-0.4, -0.2) is 47.4 Å². The summed E-state index contributed by atoms with van der Waals surface area (Å²) in [5.41, 5.74) is 0. The molecule has 0 bridgehead atoms. The molecule has 0 spiro atoms. The number of carbonyl (C=O) groups is 3. The maximum atomic E-state index is 12.1. The average Bonchev–Trinajstić information content (AvgIpc) is 3.01. The van der Waals surface area contributed by atoms with Crippen LogP contribution in [0.25, 0.3) is 0 Å². The lowest BCUT2D eigenvalue weighted by atomic mass is 9.78. The van der Waals surface area contributed by atoms with Gasteiger partial charge in [-0.2, -0.15) is 0 Å². The maximum absolute atomic E-state index is 12.1. The lowest BCUT2D eigenvalue weighted by Gasteiger charge is -2.27. The molecule has 0 aromatic heterocycles. The van der Waals surface area contributed by atoms with Crippen LogP contribution in [0.15, 0.2) is 0 Å². The molecule has 2 N–H and O–H groups in total. The van der Waals surface area contributed by atoms with Gasteiger partial charge in [0.2, 0.25) is 11.8 Å². The van der Waals surface area contributed by atoms with E-state index in [-0.39, 0.29) is 11.8 Å². The first kappa shape index (κ1) is 15.8. The molecule has 1 saturated carbocycles. The molecule has 21 heavy (non-hydrogen) atoms. The normalized spacial score (nSPS) is 25.6. The topological polar surface area (TPSA) is 86.7 Å². The second-order valence-corrected chi connectivity index (χ2v) is 5.96. The predicted octanol–water partition coefficient (Wildman–Crippen LogP) is 1.01. The lowest BCUT2D eigenvalue weighted by molar-refractivity contribution is -0.149. The minimum Gasteiger partial charge on any atom is -0.481 e. The van der Waals surface area contributed by atoms with Crippen LogP contribution >= 0.6 is 0 Å². The summed E-state index contributed by atoms with van der Waals surface area (Å²) in [6, 6.07) is 0. The number of hydrogen-bond acceptors (Lipinski definition) is 3. The Hall–Kier alpha value is -1.59. The van der Waals surface area contributed by atoms with E-state index in [1.165, 1.54) is 0 Å². The molecule has 2 fully saturated rings. The number of aliphatic carboxylic acids is 1. The number of nitrogens with zero attached hydrogens (tertiary/aromatic N) is 1. The van der Waals surface area contributed by atoms with Crippen LogP contribution in [0.2, 0.25) is 0 Å². The molecular formula is C15H24N2O4. The van der Waals surface area contributed by atoms with Crippen LogP contribution in [0.3, 0.4) is 0 Å². The molecule has 0 aromatic carbocycles. The average molecular weight is 296 g/mol. The van der Waals surface area contributed by atoms with Gasteiger partial charge in [-0.1, -0.05) is 12.8 Å². The third-order valence-corrected chi connectivity index (χ3v) is 4.52. The molecule has 2 amide bonds. The van der Waals surface area contributed by atoms with Gasteiger partial charge in [-0.3, -0.25) is 14.4 Å². The van der Waals surface area contributed by atoms with Gasteiger partial charge < -0.3 is 15.3 Å². The zero-order chi connectivity index (χ0) is 15.2. The molecule has 1 heterocycles. The molecule has 1 aliphatic heterocycles. The number of rotatable bonds is 5. The van der Waals surface area contributed by atoms with E-state index in [1.807, 2.05) is 4.90 Å². The number of carboxylic acid groups (broad SMARTS) is 1. The molecule has 6 heteroatoms. The number of carbonyl (C=O) groups excluding carboxylic acids is 2. The highest BCUT2D eigenvalue weighted by Gasteiger charge is 2.35. The Labute approximate surface area is 124 Å². The summed E-state index contributed by atoms with van der Waals surface area (Å²) >= 11 is 0. The van der Waals surface area contributed by atoms with Crippen LogP contribution in [0, 0.1) is 11.8 Å². The first-order valence-electron chi connectivity index (χ1n) is 7.88. The first-order valence-corrected chi connectivity index (χ1v) is 7.88. The summed E-state index contributed by atoms with van der Waals surface area (Å²) in [5, 5.41) is 11.9. The number of likely N-dealkylation sites (tertiary alicyclic amines) is 1. The van der Waals surface area contributed by atoms with E-state index in [0.717, 1.165) is 38.8 Å². The number of carboxylic acids is 1. The molecule has 2 atom stereocenters. The Morgan fingerprint density at radius 2 is 1.62 bits per heavy atom. The second-order valence-electron chi connectivity index (χ2n) is 5.96. The summed E-state index contributed by atoms with van der Waals surface area (Å²) in [7, 11) is 0. The van der Waals surface area contributed by atoms with Gasteiger partial charge >= 0.3 is 5.97 Å². The van der Waals surface area contributed by atoms with Crippen molar-refractivity contribution in [2.24, 2.45) is 11.8 Å². The summed E-state index contributed by atoms with van der Waals surface area (Å²) in [6.07, 6.45) is 5.38. The van der Waals surface area contributed by atoms with Crippen molar-refractivity contribution < 1.29 is 19.5 Å². The largest absolute Gasteiger partial charge is 0.481 e. The van der Waals surface area contributed by atoms with Crippen molar-refractivity contribution in [2.75, 3.05) is 19.6 Å². The SMILES string of the molecule is O=C(O)[C@H]1CCCC[C@H]1C(=O)NCCC(=O)N1CCCC1. The van der Waals surface area contributed by atoms with Crippen LogP contribution in [-0.2, 0) is 14.4 Å². The quantitative estimate of drug-likeness (QED) is 0.792. The Bertz CT molecular complexity index is 404. The fourth-order valence-corrected chi connectivity index (χ4v) is 3.29. The zero-order valence-corrected chi connectivity index (χ0v) is 12.3. The highest BCUT2D eigenvalue weighted by atomic mass is 16.4. The van der Waals surface area contributed by atoms with Crippen molar-refractivity contribution >= 4 is 17.8 Å². The van der Waals surface area contributed by atoms with Gasteiger partial charge in [0.25, 0.3) is 0 Å². The fourth-order valence-electron chi connectivity index (χ4n) is 3.29. The minimum atomic E-state index is -0.886. The lowest BCUT2D eigenvalue weighted by Crippen LogP contribution is -2.41. The molecule has 118 valence electrons. The van der Waals surface area contributed by atoms with Gasteiger partial charge in [-0.15, -0.1) is 0 Å². The van der Waals surface area contributed by atoms with E-state index in [4.69, 9.17) is 0 Å². The summed E-state index contributed by atoms with van der Waals surface area (Å²) in [5.74, 6) is -2.04. The fraction of sp³-hybridized carbons (Fsp3) is 0.800. The Kier molecular flexibility index (Phi) is 5.59. The van der Waals surface area contributed by atoms with Crippen molar-refractivity contribution in [3.8, 4) is 0 Å². The third-order valence-electron chi connectivity index (χ3n) is 4.52. The first-order chi connectivity index (χ1) is 10.1. The smallest absolute Gasteiger partial charge is 0.307 e. The second kappa shape index (κ2) is 7.43. The van der Waals surface area contributed by atoms with Gasteiger partial charge in [-0.05, 0) is 25.7 Å². The highest BCUT2D eigenvalue weighted by molar-refractivity contribution is 5.85. The molecule has 6 nitrogen and oxygen atoms in total. The Morgan fingerprint density at radius 3 is 2.24 bits per heavy atom. The van der Waals surface area contributed by atoms with Crippen LogP contribution in [0.1, 0.15) is 44.9 Å². The molecule has 0 aromatic rings.